The lowest BCUT2D eigenvalue weighted by Gasteiger charge is -2.43. The average molecular weight is 335 g/mol. The number of hydrogen-bond acceptors (Lipinski definition) is 0. The van der Waals surface area contributed by atoms with Crippen LogP contribution in [0.2, 0.25) is 6.32 Å². The Kier molecular flexibility index (Phi) is 5.32. The molecular weight excluding hydrogens is 313 g/mol. The smallest absolute Gasteiger partial charge is 0.120 e. The van der Waals surface area contributed by atoms with Crippen LogP contribution in [0.5, 0.6) is 0 Å². The van der Waals surface area contributed by atoms with Crippen molar-refractivity contribution in [3.05, 3.63) is 90.5 Å². The van der Waals surface area contributed by atoms with E-state index in [4.69, 9.17) is 0 Å². The van der Waals surface area contributed by atoms with Gasteiger partial charge >= 0.3 is 0 Å². The summed E-state index contributed by atoms with van der Waals surface area (Å²) in [5.74, 6) is -0.514. The second kappa shape index (κ2) is 7.65. The number of halogens is 2. The Hall–Kier alpha value is -2.42. The molecule has 0 amide bonds. The topological polar surface area (TPSA) is 0 Å². The van der Waals surface area contributed by atoms with Crippen molar-refractivity contribution in [1.82, 2.24) is 0 Å². The standard InChI is InChI=1S/C22H22BF2/c1-2-3-15-23(18-9-5-4-6-10-18,19-11-7-13-21(24)16-19)20-12-8-14-22(25)17-20/h4-14,16-17H,2-3,15H2,1H3/q-1. The molecule has 0 saturated carbocycles. The summed E-state index contributed by atoms with van der Waals surface area (Å²) >= 11 is 0. The minimum absolute atomic E-state index is 0.257. The van der Waals surface area contributed by atoms with Gasteiger partial charge in [0.15, 0.2) is 0 Å². The van der Waals surface area contributed by atoms with Crippen molar-refractivity contribution in [2.75, 3.05) is 0 Å². The summed E-state index contributed by atoms with van der Waals surface area (Å²) in [6.45, 7) is 2.14. The monoisotopic (exact) mass is 335 g/mol. The van der Waals surface area contributed by atoms with Gasteiger partial charge in [-0.3, -0.25) is 0 Å². The van der Waals surface area contributed by atoms with Crippen LogP contribution in [0.1, 0.15) is 19.8 Å². The van der Waals surface area contributed by atoms with Gasteiger partial charge in [0, 0.05) is 0 Å². The van der Waals surface area contributed by atoms with E-state index >= 15 is 0 Å². The number of hydrogen-bond donors (Lipinski definition) is 0. The number of unbranched alkanes of at least 4 members (excludes halogenated alkanes) is 1. The summed E-state index contributed by atoms with van der Waals surface area (Å²) in [6.07, 6.45) is 1.44. The minimum Gasteiger partial charge on any atom is -0.207 e. The molecule has 0 heterocycles. The van der Waals surface area contributed by atoms with Gasteiger partial charge in [-0.25, -0.2) is 8.78 Å². The van der Waals surface area contributed by atoms with E-state index in [0.717, 1.165) is 35.6 Å². The Balaban J connectivity index is 2.31. The Labute approximate surface area is 148 Å². The summed E-state index contributed by atoms with van der Waals surface area (Å²) in [7, 11) is 0. The first-order valence-electron chi connectivity index (χ1n) is 8.91. The van der Waals surface area contributed by atoms with Gasteiger partial charge in [0.05, 0.1) is 6.15 Å². The van der Waals surface area contributed by atoms with E-state index in [0.29, 0.717) is 0 Å². The van der Waals surface area contributed by atoms with Crippen LogP contribution in [0.15, 0.2) is 78.9 Å². The molecule has 0 atom stereocenters. The second-order valence-electron chi connectivity index (χ2n) is 6.71. The molecule has 0 aromatic heterocycles. The SMILES string of the molecule is CCCC[B-](c1ccccc1)(c1cccc(F)c1)c1cccc(F)c1. The summed E-state index contributed by atoms with van der Waals surface area (Å²) in [4.78, 5) is 0. The molecule has 0 saturated heterocycles. The van der Waals surface area contributed by atoms with E-state index in [2.05, 4.69) is 19.1 Å². The molecule has 3 aromatic rings. The minimum atomic E-state index is -1.43. The van der Waals surface area contributed by atoms with Gasteiger partial charge in [-0.15, -0.1) is 0 Å². The summed E-state index contributed by atoms with van der Waals surface area (Å²) < 4.78 is 28.1. The van der Waals surface area contributed by atoms with E-state index in [1.165, 1.54) is 12.1 Å². The average Bonchev–Trinajstić information content (AvgIpc) is 2.63. The third-order valence-corrected chi connectivity index (χ3v) is 5.19. The Bertz CT molecular complexity index is 785. The van der Waals surface area contributed by atoms with Crippen molar-refractivity contribution in [2.24, 2.45) is 0 Å². The molecule has 0 N–H and O–H groups in total. The lowest BCUT2D eigenvalue weighted by Crippen LogP contribution is -2.67. The molecule has 0 aliphatic rings. The molecule has 3 rings (SSSR count). The van der Waals surface area contributed by atoms with E-state index in [9.17, 15) is 8.78 Å². The molecule has 25 heavy (non-hydrogen) atoms. The first-order chi connectivity index (χ1) is 12.2. The zero-order valence-corrected chi connectivity index (χ0v) is 14.5. The molecular formula is C22H22BF2-. The van der Waals surface area contributed by atoms with Crippen molar-refractivity contribution in [1.29, 1.82) is 0 Å². The van der Waals surface area contributed by atoms with E-state index in [-0.39, 0.29) is 11.6 Å². The third kappa shape index (κ3) is 3.51. The number of rotatable bonds is 6. The van der Waals surface area contributed by atoms with Crippen LogP contribution in [-0.2, 0) is 0 Å². The van der Waals surface area contributed by atoms with Gasteiger partial charge in [0.2, 0.25) is 0 Å². The van der Waals surface area contributed by atoms with Crippen molar-refractivity contribution < 1.29 is 8.78 Å². The van der Waals surface area contributed by atoms with Crippen LogP contribution in [-0.4, -0.2) is 6.15 Å². The quantitative estimate of drug-likeness (QED) is 0.591. The van der Waals surface area contributed by atoms with Gasteiger partial charge in [-0.1, -0.05) is 86.5 Å². The largest absolute Gasteiger partial charge is 0.207 e. The summed E-state index contributed by atoms with van der Waals surface area (Å²) in [5.41, 5.74) is 2.96. The lowest BCUT2D eigenvalue weighted by molar-refractivity contribution is 0.629. The van der Waals surface area contributed by atoms with Crippen LogP contribution in [0.25, 0.3) is 0 Å². The third-order valence-electron chi connectivity index (χ3n) is 5.19. The maximum atomic E-state index is 14.1. The van der Waals surface area contributed by atoms with Crippen molar-refractivity contribution in [3.63, 3.8) is 0 Å². The highest BCUT2D eigenvalue weighted by Gasteiger charge is 2.29. The van der Waals surface area contributed by atoms with Crippen LogP contribution in [0, 0.1) is 11.6 Å². The maximum absolute atomic E-state index is 14.1. The van der Waals surface area contributed by atoms with Crippen molar-refractivity contribution in [3.8, 4) is 0 Å². The van der Waals surface area contributed by atoms with Gasteiger partial charge < -0.3 is 0 Å². The van der Waals surface area contributed by atoms with Crippen molar-refractivity contribution >= 4 is 22.5 Å². The van der Waals surface area contributed by atoms with Crippen LogP contribution < -0.4 is 16.4 Å². The highest BCUT2D eigenvalue weighted by atomic mass is 19.1. The Morgan fingerprint density at radius 2 is 1.20 bits per heavy atom. The number of benzene rings is 3. The van der Waals surface area contributed by atoms with Crippen LogP contribution in [0.3, 0.4) is 0 Å². The van der Waals surface area contributed by atoms with Crippen molar-refractivity contribution in [2.45, 2.75) is 26.1 Å². The van der Waals surface area contributed by atoms with Crippen LogP contribution in [0.4, 0.5) is 8.78 Å². The zero-order chi connectivity index (χ0) is 17.7. The molecule has 0 bridgehead atoms. The summed E-state index contributed by atoms with van der Waals surface area (Å²) in [5, 5.41) is 0. The molecule has 3 aromatic carbocycles. The Morgan fingerprint density at radius 3 is 1.68 bits per heavy atom. The fourth-order valence-electron chi connectivity index (χ4n) is 4.00. The first-order valence-corrected chi connectivity index (χ1v) is 8.91. The molecule has 0 aliphatic carbocycles. The maximum Gasteiger partial charge on any atom is 0.120 e. The highest BCUT2D eigenvalue weighted by Crippen LogP contribution is 2.17. The lowest BCUT2D eigenvalue weighted by atomic mass is 9.14. The molecule has 128 valence electrons. The van der Waals surface area contributed by atoms with Gasteiger partial charge in [-0.2, -0.15) is 22.7 Å². The molecule has 3 heteroatoms. The molecule has 0 fully saturated rings. The van der Waals surface area contributed by atoms with E-state index < -0.39 is 6.15 Å². The molecule has 0 aliphatic heterocycles. The first kappa shape index (κ1) is 17.4. The Morgan fingerprint density at radius 1 is 0.680 bits per heavy atom. The molecule has 0 spiro atoms. The van der Waals surface area contributed by atoms with Gasteiger partial charge in [-0.05, 0) is 12.1 Å². The predicted molar refractivity (Wildman–Crippen MR) is 104 cm³/mol. The van der Waals surface area contributed by atoms with E-state index in [1.807, 2.05) is 30.3 Å². The molecule has 0 nitrogen and oxygen atoms in total. The molecule has 0 radical (unpaired) electrons. The predicted octanol–water partition coefficient (Wildman–Crippen LogP) is 4.24. The highest BCUT2D eigenvalue weighted by molar-refractivity contribution is 7.11. The normalized spacial score (nSPS) is 11.5. The molecule has 0 unspecified atom stereocenters. The van der Waals surface area contributed by atoms with Gasteiger partial charge in [0.25, 0.3) is 0 Å². The van der Waals surface area contributed by atoms with Gasteiger partial charge in [0.1, 0.15) is 11.6 Å². The van der Waals surface area contributed by atoms with Crippen LogP contribution >= 0.6 is 0 Å². The fraction of sp³-hybridized carbons (Fsp3) is 0.182. The summed E-state index contributed by atoms with van der Waals surface area (Å²) in [6, 6.07) is 23.7. The van der Waals surface area contributed by atoms with E-state index in [1.54, 1.807) is 24.3 Å². The second-order valence-corrected chi connectivity index (χ2v) is 6.71. The fourth-order valence-corrected chi connectivity index (χ4v) is 4.00. The zero-order valence-electron chi connectivity index (χ0n) is 14.5.